The lowest BCUT2D eigenvalue weighted by atomic mass is 10.3. The van der Waals surface area contributed by atoms with Crippen molar-refractivity contribution in [2.24, 2.45) is 0 Å². The Morgan fingerprint density at radius 1 is 1.00 bits per heavy atom. The van der Waals surface area contributed by atoms with Crippen molar-refractivity contribution < 1.29 is 0 Å². The van der Waals surface area contributed by atoms with Gasteiger partial charge in [-0.25, -0.2) is 9.67 Å². The van der Waals surface area contributed by atoms with Gasteiger partial charge in [-0.05, 0) is 18.2 Å². The Labute approximate surface area is 118 Å². The zero-order valence-electron chi connectivity index (χ0n) is 8.94. The van der Waals surface area contributed by atoms with E-state index in [2.05, 4.69) is 10.1 Å². The summed E-state index contributed by atoms with van der Waals surface area (Å²) in [4.78, 5) is 4.01. The van der Waals surface area contributed by atoms with Crippen LogP contribution in [0.2, 0.25) is 15.2 Å². The lowest BCUT2D eigenvalue weighted by Gasteiger charge is -2.08. The molecule has 2 heterocycles. The van der Waals surface area contributed by atoms with E-state index in [9.17, 15) is 0 Å². The molecular formula is C12H6Cl3N3. The molecule has 90 valence electrons. The first-order valence-electron chi connectivity index (χ1n) is 5.11. The van der Waals surface area contributed by atoms with Crippen LogP contribution in [0.1, 0.15) is 0 Å². The normalized spacial score (nSPS) is 11.1. The fourth-order valence-electron chi connectivity index (χ4n) is 1.79. The van der Waals surface area contributed by atoms with Crippen molar-refractivity contribution in [3.05, 3.63) is 51.9 Å². The van der Waals surface area contributed by atoms with Gasteiger partial charge in [-0.1, -0.05) is 40.9 Å². The van der Waals surface area contributed by atoms with Gasteiger partial charge in [0, 0.05) is 6.20 Å². The van der Waals surface area contributed by atoms with Crippen molar-refractivity contribution in [1.82, 2.24) is 14.8 Å². The van der Waals surface area contributed by atoms with Gasteiger partial charge >= 0.3 is 0 Å². The maximum Gasteiger partial charge on any atom is 0.140 e. The smallest absolute Gasteiger partial charge is 0.140 e. The predicted octanol–water partition coefficient (Wildman–Crippen LogP) is 4.38. The van der Waals surface area contributed by atoms with Crippen LogP contribution in [0.4, 0.5) is 0 Å². The molecule has 1 aromatic carbocycles. The molecule has 0 fully saturated rings. The van der Waals surface area contributed by atoms with E-state index in [0.29, 0.717) is 20.9 Å². The van der Waals surface area contributed by atoms with Gasteiger partial charge in [0.15, 0.2) is 0 Å². The third-order valence-electron chi connectivity index (χ3n) is 2.60. The highest BCUT2D eigenvalue weighted by Gasteiger charge is 2.13. The molecule has 18 heavy (non-hydrogen) atoms. The molecule has 2 aromatic heterocycles. The molecule has 0 aliphatic carbocycles. The molecule has 0 bridgehead atoms. The van der Waals surface area contributed by atoms with Crippen molar-refractivity contribution in [3.63, 3.8) is 0 Å². The maximum atomic E-state index is 6.17. The summed E-state index contributed by atoms with van der Waals surface area (Å²) in [6.45, 7) is 0. The Bertz CT molecular complexity index is 716. The number of fused-ring (bicyclic) bond motifs is 1. The first-order valence-corrected chi connectivity index (χ1v) is 6.24. The average Bonchev–Trinajstić information content (AvgIpc) is 2.75. The topological polar surface area (TPSA) is 30.7 Å². The highest BCUT2D eigenvalue weighted by Crippen LogP contribution is 2.31. The van der Waals surface area contributed by atoms with Crippen LogP contribution in [-0.4, -0.2) is 14.8 Å². The number of halogens is 3. The van der Waals surface area contributed by atoms with Crippen molar-refractivity contribution in [1.29, 1.82) is 0 Å². The van der Waals surface area contributed by atoms with Crippen molar-refractivity contribution in [2.75, 3.05) is 0 Å². The molecule has 6 heteroatoms. The monoisotopic (exact) mass is 297 g/mol. The summed E-state index contributed by atoms with van der Waals surface area (Å²) in [7, 11) is 0. The summed E-state index contributed by atoms with van der Waals surface area (Å²) < 4.78 is 1.66. The first-order chi connectivity index (χ1) is 8.68. The van der Waals surface area contributed by atoms with E-state index < -0.39 is 0 Å². The first kappa shape index (κ1) is 11.8. The number of rotatable bonds is 1. The number of pyridine rings is 1. The number of para-hydroxylation sites is 1. The molecule has 0 N–H and O–H groups in total. The second kappa shape index (κ2) is 4.43. The molecule has 0 atom stereocenters. The minimum absolute atomic E-state index is 0.405. The zero-order chi connectivity index (χ0) is 12.7. The average molecular weight is 299 g/mol. The van der Waals surface area contributed by atoms with Gasteiger partial charge in [-0.15, -0.1) is 0 Å². The number of hydrogen-bond acceptors (Lipinski definition) is 2. The maximum absolute atomic E-state index is 6.17. The van der Waals surface area contributed by atoms with Gasteiger partial charge in [0.1, 0.15) is 10.8 Å². The van der Waals surface area contributed by atoms with Crippen LogP contribution in [0.5, 0.6) is 0 Å². The summed E-state index contributed by atoms with van der Waals surface area (Å²) in [6.07, 6.45) is 3.26. The minimum atomic E-state index is 0.405. The number of benzene rings is 1. The van der Waals surface area contributed by atoms with E-state index in [0.717, 1.165) is 10.9 Å². The Balaban J connectivity index is 2.36. The molecule has 0 radical (unpaired) electrons. The van der Waals surface area contributed by atoms with Gasteiger partial charge in [0.2, 0.25) is 0 Å². The van der Waals surface area contributed by atoms with E-state index in [4.69, 9.17) is 34.8 Å². The van der Waals surface area contributed by atoms with Crippen molar-refractivity contribution in [2.45, 2.75) is 0 Å². The fraction of sp³-hybridized carbons (Fsp3) is 0. The van der Waals surface area contributed by atoms with Crippen LogP contribution in [0.25, 0.3) is 16.6 Å². The van der Waals surface area contributed by atoms with Gasteiger partial charge < -0.3 is 0 Å². The third kappa shape index (κ3) is 1.75. The Hall–Kier alpha value is -1.29. The molecule has 0 amide bonds. The molecule has 3 rings (SSSR count). The summed E-state index contributed by atoms with van der Waals surface area (Å²) in [5.74, 6) is 0. The van der Waals surface area contributed by atoms with E-state index in [1.165, 1.54) is 0 Å². The standard InChI is InChI=1S/C12H6Cl3N3/c13-8-2-1-3-9(14)11(8)18-10-4-5-16-12(15)7(10)6-17-18/h1-6H. The molecular weight excluding hydrogens is 293 g/mol. The van der Waals surface area contributed by atoms with Crippen LogP contribution >= 0.6 is 34.8 Å². The van der Waals surface area contributed by atoms with Gasteiger partial charge in [-0.2, -0.15) is 5.10 Å². The molecule has 0 aliphatic heterocycles. The molecule has 0 spiro atoms. The van der Waals surface area contributed by atoms with E-state index in [-0.39, 0.29) is 0 Å². The molecule has 3 aromatic rings. The van der Waals surface area contributed by atoms with E-state index >= 15 is 0 Å². The molecule has 0 aliphatic rings. The van der Waals surface area contributed by atoms with Crippen LogP contribution in [-0.2, 0) is 0 Å². The molecule has 0 unspecified atom stereocenters. The second-order valence-corrected chi connectivity index (χ2v) is 4.83. The summed E-state index contributed by atoms with van der Waals surface area (Å²) in [5.41, 5.74) is 1.45. The van der Waals surface area contributed by atoms with Crippen LogP contribution in [0, 0.1) is 0 Å². The van der Waals surface area contributed by atoms with E-state index in [1.807, 2.05) is 6.07 Å². The molecule has 0 saturated carbocycles. The Morgan fingerprint density at radius 3 is 2.44 bits per heavy atom. The summed E-state index contributed by atoms with van der Waals surface area (Å²) >= 11 is 18.3. The third-order valence-corrected chi connectivity index (χ3v) is 3.51. The molecule has 0 saturated heterocycles. The minimum Gasteiger partial charge on any atom is -0.244 e. The highest BCUT2D eigenvalue weighted by atomic mass is 35.5. The number of nitrogens with zero attached hydrogens (tertiary/aromatic N) is 3. The van der Waals surface area contributed by atoms with Gasteiger partial charge in [-0.3, -0.25) is 0 Å². The van der Waals surface area contributed by atoms with Crippen LogP contribution < -0.4 is 0 Å². The fourth-order valence-corrected chi connectivity index (χ4v) is 2.55. The lowest BCUT2D eigenvalue weighted by Crippen LogP contribution is -1.98. The van der Waals surface area contributed by atoms with Crippen LogP contribution in [0.15, 0.2) is 36.7 Å². The number of hydrogen-bond donors (Lipinski definition) is 0. The molecule has 3 nitrogen and oxygen atoms in total. The largest absolute Gasteiger partial charge is 0.244 e. The second-order valence-electron chi connectivity index (χ2n) is 3.66. The summed E-state index contributed by atoms with van der Waals surface area (Å²) in [5, 5.41) is 6.49. The zero-order valence-corrected chi connectivity index (χ0v) is 11.2. The predicted molar refractivity (Wildman–Crippen MR) is 73.9 cm³/mol. The summed E-state index contributed by atoms with van der Waals surface area (Å²) in [6, 6.07) is 7.13. The quantitative estimate of drug-likeness (QED) is 0.624. The number of aromatic nitrogens is 3. The SMILES string of the molecule is Clc1cccc(Cl)c1-n1ncc2c(Cl)nccc21. The Kier molecular flexibility index (Phi) is 2.90. The van der Waals surface area contributed by atoms with E-state index in [1.54, 1.807) is 35.3 Å². The van der Waals surface area contributed by atoms with Gasteiger partial charge in [0.05, 0.1) is 27.1 Å². The highest BCUT2D eigenvalue weighted by molar-refractivity contribution is 6.38. The van der Waals surface area contributed by atoms with Gasteiger partial charge in [0.25, 0.3) is 0 Å². The van der Waals surface area contributed by atoms with Crippen molar-refractivity contribution in [3.8, 4) is 5.69 Å². The van der Waals surface area contributed by atoms with Crippen LogP contribution in [0.3, 0.4) is 0 Å². The van der Waals surface area contributed by atoms with Crippen molar-refractivity contribution >= 4 is 45.7 Å². The Morgan fingerprint density at radius 2 is 1.72 bits per heavy atom. The lowest BCUT2D eigenvalue weighted by molar-refractivity contribution is 0.911.